The van der Waals surface area contributed by atoms with Crippen LogP contribution >= 0.6 is 0 Å². The Labute approximate surface area is 88.4 Å². The molecule has 1 aromatic carbocycles. The number of carboxylic acid groups (broad SMARTS) is 1. The van der Waals surface area contributed by atoms with Crippen molar-refractivity contribution in [2.24, 2.45) is 0 Å². The summed E-state index contributed by atoms with van der Waals surface area (Å²) >= 11 is 0. The van der Waals surface area contributed by atoms with E-state index in [1.54, 1.807) is 18.2 Å². The van der Waals surface area contributed by atoms with E-state index < -0.39 is 5.97 Å². The molecule has 1 aliphatic rings. The van der Waals surface area contributed by atoms with Crippen molar-refractivity contribution < 1.29 is 19.7 Å². The van der Waals surface area contributed by atoms with E-state index in [0.29, 0.717) is 5.56 Å². The molecule has 0 unspecified atom stereocenters. The van der Waals surface area contributed by atoms with Gasteiger partial charge in [0.25, 0.3) is 0 Å². The molecule has 1 aromatic rings. The molecule has 0 aliphatic carbocycles. The van der Waals surface area contributed by atoms with Crippen LogP contribution in [0.3, 0.4) is 0 Å². The fraction of sp³-hybridized carbons (Fsp3) is 0.364. The summed E-state index contributed by atoms with van der Waals surface area (Å²) in [6, 6.07) is 6.82. The summed E-state index contributed by atoms with van der Waals surface area (Å²) < 4.78 is 0. The monoisotopic (exact) mass is 210 g/mol. The first-order chi connectivity index (χ1) is 7.20. The molecule has 0 atom stereocenters. The number of aromatic carboxylic acids is 1. The minimum Gasteiger partial charge on any atom is -0.478 e. The lowest BCUT2D eigenvalue weighted by Gasteiger charge is -1.93. The first-order valence-electron chi connectivity index (χ1n) is 4.74. The van der Waals surface area contributed by atoms with Crippen molar-refractivity contribution in [3.8, 4) is 0 Å². The molecule has 2 rings (SSSR count). The Bertz CT molecular complexity index is 311. The zero-order valence-electron chi connectivity index (χ0n) is 8.60. The SMILES string of the molecule is C1COOC1.Cc1cccc(C(=O)O)c1. The molecular formula is C11H14O4. The topological polar surface area (TPSA) is 55.8 Å². The molecule has 0 radical (unpaired) electrons. The molecule has 0 amide bonds. The molecule has 1 fully saturated rings. The molecule has 1 heterocycles. The highest BCUT2D eigenvalue weighted by Crippen LogP contribution is 2.02. The fourth-order valence-electron chi connectivity index (χ4n) is 1.07. The van der Waals surface area contributed by atoms with Crippen molar-refractivity contribution in [2.45, 2.75) is 13.3 Å². The van der Waals surface area contributed by atoms with Crippen LogP contribution in [0.5, 0.6) is 0 Å². The van der Waals surface area contributed by atoms with Crippen molar-refractivity contribution in [3.63, 3.8) is 0 Å². The molecule has 0 bridgehead atoms. The predicted molar refractivity (Wildman–Crippen MR) is 54.7 cm³/mol. The number of aryl methyl sites for hydroxylation is 1. The van der Waals surface area contributed by atoms with Gasteiger partial charge in [0.05, 0.1) is 18.8 Å². The van der Waals surface area contributed by atoms with Gasteiger partial charge in [0, 0.05) is 6.42 Å². The van der Waals surface area contributed by atoms with E-state index in [1.807, 2.05) is 13.0 Å². The van der Waals surface area contributed by atoms with E-state index in [-0.39, 0.29) is 0 Å². The van der Waals surface area contributed by atoms with Crippen molar-refractivity contribution in [2.75, 3.05) is 13.2 Å². The molecule has 0 saturated carbocycles. The second kappa shape index (κ2) is 6.16. The number of hydrogen-bond acceptors (Lipinski definition) is 3. The Hall–Kier alpha value is -1.39. The van der Waals surface area contributed by atoms with Crippen LogP contribution in [-0.4, -0.2) is 24.3 Å². The maximum Gasteiger partial charge on any atom is 0.335 e. The van der Waals surface area contributed by atoms with E-state index in [0.717, 1.165) is 25.2 Å². The summed E-state index contributed by atoms with van der Waals surface area (Å²) in [4.78, 5) is 19.2. The number of benzene rings is 1. The number of carbonyl (C=O) groups is 1. The molecule has 1 saturated heterocycles. The number of hydrogen-bond donors (Lipinski definition) is 1. The van der Waals surface area contributed by atoms with Crippen LogP contribution in [0.25, 0.3) is 0 Å². The second-order valence-corrected chi connectivity index (χ2v) is 3.17. The van der Waals surface area contributed by atoms with E-state index in [2.05, 4.69) is 9.78 Å². The third-order valence-electron chi connectivity index (χ3n) is 1.80. The van der Waals surface area contributed by atoms with Gasteiger partial charge < -0.3 is 5.11 Å². The zero-order chi connectivity index (χ0) is 11.1. The standard InChI is InChI=1S/C8H8O2.C3H6O2/c1-6-3-2-4-7(5-6)8(9)10;1-2-4-5-3-1/h2-5H,1H3,(H,9,10);1-3H2. The highest BCUT2D eigenvalue weighted by atomic mass is 17.2. The molecule has 4 nitrogen and oxygen atoms in total. The van der Waals surface area contributed by atoms with Crippen molar-refractivity contribution in [3.05, 3.63) is 35.4 Å². The Morgan fingerprint density at radius 3 is 2.33 bits per heavy atom. The second-order valence-electron chi connectivity index (χ2n) is 3.17. The predicted octanol–water partition coefficient (Wildman–Crippen LogP) is 2.03. The maximum atomic E-state index is 10.4. The Balaban J connectivity index is 0.000000187. The van der Waals surface area contributed by atoms with Crippen LogP contribution < -0.4 is 0 Å². The largest absolute Gasteiger partial charge is 0.478 e. The summed E-state index contributed by atoms with van der Waals surface area (Å²) in [6.07, 6.45) is 1.06. The minimum absolute atomic E-state index is 0.347. The molecule has 4 heteroatoms. The molecule has 15 heavy (non-hydrogen) atoms. The molecule has 82 valence electrons. The van der Waals surface area contributed by atoms with E-state index >= 15 is 0 Å². The third kappa shape index (κ3) is 4.58. The van der Waals surface area contributed by atoms with E-state index in [9.17, 15) is 4.79 Å². The lowest BCUT2D eigenvalue weighted by atomic mass is 10.1. The van der Waals surface area contributed by atoms with Crippen LogP contribution in [-0.2, 0) is 9.78 Å². The molecule has 1 N–H and O–H groups in total. The molecule has 0 spiro atoms. The van der Waals surface area contributed by atoms with Crippen LogP contribution in [0, 0.1) is 6.92 Å². The normalized spacial score (nSPS) is 14.2. The highest BCUT2D eigenvalue weighted by molar-refractivity contribution is 5.87. The average Bonchev–Trinajstić information content (AvgIpc) is 2.75. The summed E-state index contributed by atoms with van der Waals surface area (Å²) in [6.45, 7) is 3.42. The summed E-state index contributed by atoms with van der Waals surface area (Å²) in [5.41, 5.74) is 1.32. The maximum absolute atomic E-state index is 10.4. The van der Waals surface area contributed by atoms with Crippen LogP contribution in [0.4, 0.5) is 0 Å². The van der Waals surface area contributed by atoms with E-state index in [1.165, 1.54) is 0 Å². The van der Waals surface area contributed by atoms with Gasteiger partial charge >= 0.3 is 5.97 Å². The van der Waals surface area contributed by atoms with Gasteiger partial charge in [0.1, 0.15) is 0 Å². The molecule has 0 aromatic heterocycles. The third-order valence-corrected chi connectivity index (χ3v) is 1.80. The zero-order valence-corrected chi connectivity index (χ0v) is 8.60. The van der Waals surface area contributed by atoms with Crippen LogP contribution in [0.1, 0.15) is 22.3 Å². The first kappa shape index (κ1) is 11.7. The lowest BCUT2D eigenvalue weighted by Crippen LogP contribution is -1.95. The summed E-state index contributed by atoms with van der Waals surface area (Å²) in [5.74, 6) is -0.872. The van der Waals surface area contributed by atoms with Gasteiger partial charge in [-0.05, 0) is 19.1 Å². The van der Waals surface area contributed by atoms with Crippen molar-refractivity contribution in [1.82, 2.24) is 0 Å². The quantitative estimate of drug-likeness (QED) is 0.720. The summed E-state index contributed by atoms with van der Waals surface area (Å²) in [5, 5.41) is 8.51. The minimum atomic E-state index is -0.872. The number of rotatable bonds is 1. The van der Waals surface area contributed by atoms with Crippen molar-refractivity contribution >= 4 is 5.97 Å². The van der Waals surface area contributed by atoms with Gasteiger partial charge in [-0.3, -0.25) is 0 Å². The Morgan fingerprint density at radius 1 is 1.33 bits per heavy atom. The van der Waals surface area contributed by atoms with Gasteiger partial charge in [-0.1, -0.05) is 17.7 Å². The smallest absolute Gasteiger partial charge is 0.335 e. The highest BCUT2D eigenvalue weighted by Gasteiger charge is 1.99. The average molecular weight is 210 g/mol. The van der Waals surface area contributed by atoms with Gasteiger partial charge in [0.2, 0.25) is 0 Å². The molecule has 1 aliphatic heterocycles. The first-order valence-corrected chi connectivity index (χ1v) is 4.74. The van der Waals surface area contributed by atoms with Gasteiger partial charge in [-0.2, -0.15) is 0 Å². The van der Waals surface area contributed by atoms with Gasteiger partial charge in [-0.25, -0.2) is 14.6 Å². The number of carboxylic acids is 1. The Morgan fingerprint density at radius 2 is 2.00 bits per heavy atom. The fourth-order valence-corrected chi connectivity index (χ4v) is 1.07. The van der Waals surface area contributed by atoms with Crippen molar-refractivity contribution in [1.29, 1.82) is 0 Å². The summed E-state index contributed by atoms with van der Waals surface area (Å²) in [7, 11) is 0. The van der Waals surface area contributed by atoms with Crippen LogP contribution in [0.2, 0.25) is 0 Å². The van der Waals surface area contributed by atoms with Crippen LogP contribution in [0.15, 0.2) is 24.3 Å². The lowest BCUT2D eigenvalue weighted by molar-refractivity contribution is -0.248. The van der Waals surface area contributed by atoms with Gasteiger partial charge in [0.15, 0.2) is 0 Å². The van der Waals surface area contributed by atoms with Gasteiger partial charge in [-0.15, -0.1) is 0 Å². The Kier molecular flexibility index (Phi) is 4.80. The van der Waals surface area contributed by atoms with E-state index in [4.69, 9.17) is 5.11 Å². The molecular weight excluding hydrogens is 196 g/mol.